The molecule has 0 saturated carbocycles. The number of fused-ring (bicyclic) bond motifs is 3. The largest absolute Gasteiger partial charge is 0.463 e. The van der Waals surface area contributed by atoms with Crippen molar-refractivity contribution in [3.63, 3.8) is 0 Å². The SMILES string of the molecule is CC(N)[C@H](O)C(=O)OCC1c2ccccc2-c2ccccc21. The summed E-state index contributed by atoms with van der Waals surface area (Å²) in [5.41, 5.74) is 10.2. The van der Waals surface area contributed by atoms with Crippen LogP contribution in [0, 0.1) is 0 Å². The molecule has 0 radical (unpaired) electrons. The molecule has 114 valence electrons. The number of carbonyl (C=O) groups is 1. The lowest BCUT2D eigenvalue weighted by Gasteiger charge is -2.17. The highest BCUT2D eigenvalue weighted by molar-refractivity contribution is 5.79. The molecule has 1 aliphatic carbocycles. The van der Waals surface area contributed by atoms with Crippen molar-refractivity contribution in [1.82, 2.24) is 0 Å². The highest BCUT2D eigenvalue weighted by atomic mass is 16.5. The van der Waals surface area contributed by atoms with E-state index in [1.807, 2.05) is 24.3 Å². The van der Waals surface area contributed by atoms with Crippen LogP contribution in [-0.2, 0) is 9.53 Å². The molecule has 0 aliphatic heterocycles. The zero-order chi connectivity index (χ0) is 15.7. The molecule has 0 heterocycles. The molecule has 0 amide bonds. The van der Waals surface area contributed by atoms with E-state index in [-0.39, 0.29) is 12.5 Å². The maximum atomic E-state index is 11.8. The minimum atomic E-state index is -1.29. The maximum absolute atomic E-state index is 11.8. The average Bonchev–Trinajstić information content (AvgIpc) is 2.86. The number of aliphatic hydroxyl groups is 1. The van der Waals surface area contributed by atoms with Crippen molar-refractivity contribution in [1.29, 1.82) is 0 Å². The summed E-state index contributed by atoms with van der Waals surface area (Å²) in [7, 11) is 0. The minimum absolute atomic E-state index is 0.00312. The quantitative estimate of drug-likeness (QED) is 0.847. The number of esters is 1. The fourth-order valence-electron chi connectivity index (χ4n) is 2.90. The summed E-state index contributed by atoms with van der Waals surface area (Å²) in [6.07, 6.45) is -1.29. The molecule has 0 spiro atoms. The van der Waals surface area contributed by atoms with Crippen LogP contribution in [0.5, 0.6) is 0 Å². The predicted octanol–water partition coefficient (Wildman–Crippen LogP) is 2.05. The second kappa shape index (κ2) is 5.91. The van der Waals surface area contributed by atoms with Crippen molar-refractivity contribution in [2.24, 2.45) is 5.73 Å². The van der Waals surface area contributed by atoms with Gasteiger partial charge in [-0.1, -0.05) is 48.5 Å². The van der Waals surface area contributed by atoms with Gasteiger partial charge in [0.15, 0.2) is 6.10 Å². The highest BCUT2D eigenvalue weighted by Gasteiger charge is 2.30. The molecular formula is C18H19NO3. The Morgan fingerprint density at radius 3 is 2.14 bits per heavy atom. The molecule has 1 aliphatic rings. The molecule has 1 unspecified atom stereocenters. The Kier molecular flexibility index (Phi) is 3.96. The summed E-state index contributed by atoms with van der Waals surface area (Å²) in [5, 5.41) is 9.66. The van der Waals surface area contributed by atoms with Gasteiger partial charge in [0, 0.05) is 12.0 Å². The van der Waals surface area contributed by atoms with E-state index in [0.29, 0.717) is 0 Å². The van der Waals surface area contributed by atoms with Gasteiger partial charge in [-0.05, 0) is 29.2 Å². The Balaban J connectivity index is 1.84. The number of ether oxygens (including phenoxy) is 1. The van der Waals surface area contributed by atoms with Crippen LogP contribution in [0.3, 0.4) is 0 Å². The third-order valence-electron chi connectivity index (χ3n) is 4.09. The Hall–Kier alpha value is -2.17. The monoisotopic (exact) mass is 297 g/mol. The van der Waals surface area contributed by atoms with Gasteiger partial charge in [0.1, 0.15) is 6.61 Å². The van der Waals surface area contributed by atoms with E-state index in [2.05, 4.69) is 24.3 Å². The summed E-state index contributed by atoms with van der Waals surface area (Å²) in [4.78, 5) is 11.8. The van der Waals surface area contributed by atoms with Gasteiger partial charge in [0.05, 0.1) is 0 Å². The maximum Gasteiger partial charge on any atom is 0.336 e. The molecule has 22 heavy (non-hydrogen) atoms. The highest BCUT2D eigenvalue weighted by Crippen LogP contribution is 2.44. The fourth-order valence-corrected chi connectivity index (χ4v) is 2.90. The van der Waals surface area contributed by atoms with Crippen LogP contribution in [0.15, 0.2) is 48.5 Å². The van der Waals surface area contributed by atoms with Gasteiger partial charge in [-0.3, -0.25) is 0 Å². The first-order chi connectivity index (χ1) is 10.6. The van der Waals surface area contributed by atoms with Gasteiger partial charge in [-0.15, -0.1) is 0 Å². The lowest BCUT2D eigenvalue weighted by atomic mass is 9.98. The summed E-state index contributed by atoms with van der Waals surface area (Å²) in [5.74, 6) is -0.673. The molecular weight excluding hydrogens is 278 g/mol. The Morgan fingerprint density at radius 1 is 1.14 bits per heavy atom. The van der Waals surface area contributed by atoms with Crippen molar-refractivity contribution in [3.05, 3.63) is 59.7 Å². The predicted molar refractivity (Wildman–Crippen MR) is 84.3 cm³/mol. The van der Waals surface area contributed by atoms with Crippen LogP contribution in [0.1, 0.15) is 24.0 Å². The van der Waals surface area contributed by atoms with Crippen LogP contribution >= 0.6 is 0 Å². The normalized spacial score (nSPS) is 15.8. The smallest absolute Gasteiger partial charge is 0.336 e. The van der Waals surface area contributed by atoms with Gasteiger partial charge in [-0.2, -0.15) is 0 Å². The molecule has 0 fully saturated rings. The van der Waals surface area contributed by atoms with Crippen molar-refractivity contribution >= 4 is 5.97 Å². The van der Waals surface area contributed by atoms with Gasteiger partial charge in [-0.25, -0.2) is 4.79 Å². The third kappa shape index (κ3) is 2.51. The standard InChI is InChI=1S/C18H19NO3/c1-11(19)17(20)18(21)22-10-16-14-8-4-2-6-12(14)13-7-3-5-9-15(13)16/h2-9,11,16-17,20H,10,19H2,1H3/t11?,17-/m0/s1. The summed E-state index contributed by atoms with van der Waals surface area (Å²) < 4.78 is 5.29. The van der Waals surface area contributed by atoms with Crippen LogP contribution in [-0.4, -0.2) is 29.8 Å². The zero-order valence-electron chi connectivity index (χ0n) is 12.4. The second-order valence-electron chi connectivity index (χ2n) is 5.66. The minimum Gasteiger partial charge on any atom is -0.463 e. The molecule has 2 aromatic rings. The molecule has 3 N–H and O–H groups in total. The van der Waals surface area contributed by atoms with Crippen molar-refractivity contribution in [3.8, 4) is 11.1 Å². The van der Waals surface area contributed by atoms with E-state index in [1.165, 1.54) is 11.1 Å². The lowest BCUT2D eigenvalue weighted by Crippen LogP contribution is -2.39. The molecule has 4 nitrogen and oxygen atoms in total. The molecule has 0 saturated heterocycles. The molecule has 4 heteroatoms. The summed E-state index contributed by atoms with van der Waals surface area (Å²) >= 11 is 0. The van der Waals surface area contributed by atoms with E-state index in [4.69, 9.17) is 10.5 Å². The van der Waals surface area contributed by atoms with E-state index < -0.39 is 18.1 Å². The number of benzene rings is 2. The first-order valence-electron chi connectivity index (χ1n) is 7.38. The average molecular weight is 297 g/mol. The molecule has 3 rings (SSSR count). The topological polar surface area (TPSA) is 72.5 Å². The number of rotatable bonds is 4. The second-order valence-corrected chi connectivity index (χ2v) is 5.66. The molecule has 0 aromatic heterocycles. The first kappa shape index (κ1) is 14.8. The summed E-state index contributed by atoms with van der Waals surface area (Å²) in [6, 6.07) is 15.6. The van der Waals surface area contributed by atoms with Crippen LogP contribution < -0.4 is 5.73 Å². The molecule has 0 bridgehead atoms. The van der Waals surface area contributed by atoms with Gasteiger partial charge < -0.3 is 15.6 Å². The third-order valence-corrected chi connectivity index (χ3v) is 4.09. The van der Waals surface area contributed by atoms with E-state index in [0.717, 1.165) is 11.1 Å². The Labute approximate surface area is 129 Å². The van der Waals surface area contributed by atoms with Crippen molar-refractivity contribution in [2.75, 3.05) is 6.61 Å². The van der Waals surface area contributed by atoms with Gasteiger partial charge in [0.2, 0.25) is 0 Å². The van der Waals surface area contributed by atoms with Crippen molar-refractivity contribution in [2.45, 2.75) is 25.0 Å². The van der Waals surface area contributed by atoms with Gasteiger partial charge >= 0.3 is 5.97 Å². The number of aliphatic hydroxyl groups excluding tert-OH is 1. The Bertz CT molecular complexity index is 651. The molecule has 2 aromatic carbocycles. The van der Waals surface area contributed by atoms with Crippen LogP contribution in [0.25, 0.3) is 11.1 Å². The number of hydrogen-bond acceptors (Lipinski definition) is 4. The number of carbonyl (C=O) groups excluding carboxylic acids is 1. The first-order valence-corrected chi connectivity index (χ1v) is 7.38. The Morgan fingerprint density at radius 2 is 1.64 bits per heavy atom. The van der Waals surface area contributed by atoms with E-state index in [1.54, 1.807) is 6.92 Å². The molecule has 2 atom stereocenters. The van der Waals surface area contributed by atoms with E-state index >= 15 is 0 Å². The fraction of sp³-hybridized carbons (Fsp3) is 0.278. The number of nitrogens with two attached hydrogens (primary N) is 1. The van der Waals surface area contributed by atoms with Crippen LogP contribution in [0.2, 0.25) is 0 Å². The number of hydrogen-bond donors (Lipinski definition) is 2. The summed E-state index contributed by atoms with van der Waals surface area (Å²) in [6.45, 7) is 1.78. The van der Waals surface area contributed by atoms with Crippen LogP contribution in [0.4, 0.5) is 0 Å². The van der Waals surface area contributed by atoms with Crippen molar-refractivity contribution < 1.29 is 14.6 Å². The van der Waals surface area contributed by atoms with Gasteiger partial charge in [0.25, 0.3) is 0 Å². The zero-order valence-corrected chi connectivity index (χ0v) is 12.4. The van der Waals surface area contributed by atoms with E-state index in [9.17, 15) is 9.90 Å². The lowest BCUT2D eigenvalue weighted by molar-refractivity contribution is -0.154.